The fraction of sp³-hybridized carbons (Fsp3) is 0.431. The Morgan fingerprint density at radius 1 is 0.943 bits per heavy atom. The second kappa shape index (κ2) is 18.9. The fourth-order valence-corrected chi connectivity index (χ4v) is 12.6. The number of anilines is 6. The van der Waals surface area contributed by atoms with Crippen LogP contribution in [0, 0.1) is 12.8 Å². The number of imide groups is 1. The summed E-state index contributed by atoms with van der Waals surface area (Å²) in [4.78, 5) is 72.3. The van der Waals surface area contributed by atoms with E-state index in [4.69, 9.17) is 9.72 Å². The van der Waals surface area contributed by atoms with Gasteiger partial charge >= 0.3 is 0 Å². The van der Waals surface area contributed by atoms with Crippen molar-refractivity contribution in [1.82, 2.24) is 35.8 Å². The molecular formula is C51H59BrN11O6P. The van der Waals surface area contributed by atoms with E-state index in [1.807, 2.05) is 49.4 Å². The first kappa shape index (κ1) is 47.6. The van der Waals surface area contributed by atoms with Crippen molar-refractivity contribution in [3.05, 3.63) is 87.7 Å². The van der Waals surface area contributed by atoms with Crippen LogP contribution in [0.1, 0.15) is 72.6 Å². The van der Waals surface area contributed by atoms with Crippen molar-refractivity contribution < 1.29 is 28.5 Å². The lowest BCUT2D eigenvalue weighted by atomic mass is 9.94. The van der Waals surface area contributed by atoms with Crippen LogP contribution in [0.25, 0.3) is 10.9 Å². The molecule has 5 aliphatic rings. The summed E-state index contributed by atoms with van der Waals surface area (Å²) in [6.07, 6.45) is 6.51. The molecule has 3 saturated heterocycles. The molecule has 0 radical (unpaired) electrons. The lowest BCUT2D eigenvalue weighted by Gasteiger charge is -2.41. The Hall–Kier alpha value is -6.10. The second-order valence-electron chi connectivity index (χ2n) is 19.5. The third kappa shape index (κ3) is 8.98. The van der Waals surface area contributed by atoms with E-state index in [1.54, 1.807) is 31.5 Å². The number of piperidine rings is 2. The Kier molecular flexibility index (Phi) is 12.8. The zero-order valence-corrected chi connectivity index (χ0v) is 42.6. The average molecular weight is 1030 g/mol. The standard InChI is InChI=1S/C51H59BrN11O6P/c1-6-30-24-38(58-50-55-26-35(52)46(60-50)57-37-13-12-36-33(11-10-29(2)56-36)45(37)70(4,5)68)42(69-3)25-41(30)61-22-16-32(17-23-61)53-20-21-54-47(65)31-27-62(28-31)39-9-7-8-34-44(39)49(67)63(51(34)18-19-51)40-14-15-43(64)59-48(40)66/h7-13,24-26,31-32,40,53H,6,14-23,27-28H2,1-5H3,(H,54,65)(H,59,64,66)(H2,55,57,58,60). The van der Waals surface area contributed by atoms with E-state index in [9.17, 15) is 23.7 Å². The number of aryl methyl sites for hydroxylation is 2. The maximum Gasteiger partial charge on any atom is 0.257 e. The van der Waals surface area contributed by atoms with Gasteiger partial charge in [0.1, 0.15) is 24.8 Å². The summed E-state index contributed by atoms with van der Waals surface area (Å²) < 4.78 is 20.2. The van der Waals surface area contributed by atoms with Crippen LogP contribution in [0.3, 0.4) is 0 Å². The number of rotatable bonds is 15. The summed E-state index contributed by atoms with van der Waals surface area (Å²) in [7, 11) is -1.08. The molecule has 5 aromatic rings. The van der Waals surface area contributed by atoms with Crippen molar-refractivity contribution in [2.24, 2.45) is 5.92 Å². The molecule has 0 bridgehead atoms. The van der Waals surface area contributed by atoms with Gasteiger partial charge in [-0.05, 0) is 116 Å². The minimum Gasteiger partial charge on any atom is -0.494 e. The van der Waals surface area contributed by atoms with E-state index < -0.39 is 24.6 Å². The molecular weight excluding hydrogens is 974 g/mol. The number of hydrogen-bond donors (Lipinski definition) is 5. The molecule has 366 valence electrons. The Morgan fingerprint density at radius 2 is 1.73 bits per heavy atom. The second-order valence-corrected chi connectivity index (χ2v) is 23.5. The first-order valence-corrected chi connectivity index (χ1v) is 27.6. The Balaban J connectivity index is 0.712. The molecule has 1 saturated carbocycles. The van der Waals surface area contributed by atoms with Crippen molar-refractivity contribution in [1.29, 1.82) is 0 Å². The molecule has 6 heterocycles. The predicted molar refractivity (Wildman–Crippen MR) is 276 cm³/mol. The van der Waals surface area contributed by atoms with Gasteiger partial charge in [-0.1, -0.05) is 25.1 Å². The number of pyridine rings is 1. The predicted octanol–water partition coefficient (Wildman–Crippen LogP) is 6.46. The van der Waals surface area contributed by atoms with E-state index in [2.05, 4.69) is 81.3 Å². The van der Waals surface area contributed by atoms with Crippen LogP contribution in [0.5, 0.6) is 5.75 Å². The highest BCUT2D eigenvalue weighted by Gasteiger charge is 2.62. The van der Waals surface area contributed by atoms with Crippen LogP contribution in [-0.4, -0.2) is 115 Å². The van der Waals surface area contributed by atoms with Crippen LogP contribution < -0.4 is 46.4 Å². The number of carbonyl (C=O) groups is 4. The first-order chi connectivity index (χ1) is 33.6. The Morgan fingerprint density at radius 3 is 2.44 bits per heavy atom. The van der Waals surface area contributed by atoms with Crippen LogP contribution in [0.15, 0.2) is 65.3 Å². The summed E-state index contributed by atoms with van der Waals surface area (Å²) >= 11 is 3.61. The molecule has 1 spiro atoms. The fourth-order valence-electron chi connectivity index (χ4n) is 10.8. The molecule has 1 aliphatic carbocycles. The van der Waals surface area contributed by atoms with Gasteiger partial charge in [0.05, 0.1) is 45.5 Å². The Labute approximate surface area is 415 Å². The van der Waals surface area contributed by atoms with E-state index in [-0.39, 0.29) is 30.1 Å². The number of nitrogens with one attached hydrogen (secondary N) is 5. The minimum absolute atomic E-state index is 0.00651. The van der Waals surface area contributed by atoms with E-state index in [1.165, 1.54) is 0 Å². The van der Waals surface area contributed by atoms with Crippen molar-refractivity contribution in [3.63, 3.8) is 0 Å². The molecule has 19 heteroatoms. The number of fused-ring (bicyclic) bond motifs is 3. The Bertz CT molecular complexity index is 2980. The van der Waals surface area contributed by atoms with Crippen molar-refractivity contribution >= 4 is 97.4 Å². The summed E-state index contributed by atoms with van der Waals surface area (Å²) in [6, 6.07) is 17.5. The molecule has 2 aromatic heterocycles. The smallest absolute Gasteiger partial charge is 0.257 e. The number of carbonyl (C=O) groups excluding carboxylic acids is 4. The highest BCUT2D eigenvalue weighted by Crippen LogP contribution is 2.59. The first-order valence-electron chi connectivity index (χ1n) is 24.2. The number of ether oxygens (including phenoxy) is 1. The quantitative estimate of drug-likeness (QED) is 0.0434. The molecule has 70 heavy (non-hydrogen) atoms. The van der Waals surface area contributed by atoms with Crippen LogP contribution in [0.2, 0.25) is 0 Å². The number of hydrogen-bond acceptors (Lipinski definition) is 14. The molecule has 4 aliphatic heterocycles. The largest absolute Gasteiger partial charge is 0.494 e. The van der Waals surface area contributed by atoms with Gasteiger partial charge in [0.25, 0.3) is 5.91 Å². The summed E-state index contributed by atoms with van der Waals surface area (Å²) in [5.41, 5.74) is 7.31. The number of aromatic nitrogens is 3. The number of methoxy groups -OCH3 is 1. The summed E-state index contributed by atoms with van der Waals surface area (Å²) in [5.74, 6) is 0.512. The number of nitrogens with zero attached hydrogens (tertiary/aromatic N) is 6. The number of amides is 4. The van der Waals surface area contributed by atoms with Crippen molar-refractivity contribution in [2.75, 3.05) is 80.1 Å². The maximum absolute atomic E-state index is 14.0. The molecule has 17 nitrogen and oxygen atoms in total. The monoisotopic (exact) mass is 1030 g/mol. The zero-order valence-electron chi connectivity index (χ0n) is 40.2. The SMILES string of the molecule is CCc1cc(Nc2ncc(Br)c(Nc3ccc4nc(C)ccc4c3P(C)(C)=O)n2)c(OC)cc1N1CCC(NCCNC(=O)C2CN(c3cccc4c3C(=O)N(C3CCC(=O)NC3=O)C43CC3)C2)CC1. The molecule has 4 amide bonds. The molecule has 1 unspecified atom stereocenters. The maximum atomic E-state index is 14.0. The number of halogens is 1. The van der Waals surface area contributed by atoms with Gasteiger partial charge < -0.3 is 45.3 Å². The van der Waals surface area contributed by atoms with Crippen molar-refractivity contribution in [3.8, 4) is 5.75 Å². The van der Waals surface area contributed by atoms with Crippen molar-refractivity contribution in [2.45, 2.75) is 76.4 Å². The third-order valence-electron chi connectivity index (χ3n) is 14.5. The molecule has 10 rings (SSSR count). The summed E-state index contributed by atoms with van der Waals surface area (Å²) in [6.45, 7) is 11.5. The lowest BCUT2D eigenvalue weighted by Crippen LogP contribution is -2.56. The van der Waals surface area contributed by atoms with Gasteiger partial charge in [-0.2, -0.15) is 4.98 Å². The minimum atomic E-state index is -2.74. The summed E-state index contributed by atoms with van der Waals surface area (Å²) in [5, 5.41) is 17.6. The van der Waals surface area contributed by atoms with Gasteiger partial charge in [-0.3, -0.25) is 29.5 Å². The van der Waals surface area contributed by atoms with Gasteiger partial charge in [0.15, 0.2) is 0 Å². The highest BCUT2D eigenvalue weighted by molar-refractivity contribution is 9.10. The lowest BCUT2D eigenvalue weighted by molar-refractivity contribution is -0.137. The average Bonchev–Trinajstić information content (AvgIpc) is 4.08. The topological polar surface area (TPSA) is 203 Å². The third-order valence-corrected chi connectivity index (χ3v) is 16.7. The van der Waals surface area contributed by atoms with Crippen LogP contribution in [0.4, 0.5) is 34.5 Å². The van der Waals surface area contributed by atoms with Crippen LogP contribution in [-0.2, 0) is 30.9 Å². The van der Waals surface area contributed by atoms with E-state index in [0.29, 0.717) is 77.2 Å². The molecule has 5 N–H and O–H groups in total. The van der Waals surface area contributed by atoms with E-state index in [0.717, 1.165) is 90.0 Å². The van der Waals surface area contributed by atoms with Gasteiger partial charge in [0, 0.05) is 91.8 Å². The van der Waals surface area contributed by atoms with Gasteiger partial charge in [-0.25, -0.2) is 4.98 Å². The molecule has 1 atom stereocenters. The van der Waals surface area contributed by atoms with Gasteiger partial charge in [0.2, 0.25) is 23.7 Å². The van der Waals surface area contributed by atoms with Gasteiger partial charge in [-0.15, -0.1) is 0 Å². The van der Waals surface area contributed by atoms with Crippen LogP contribution >= 0.6 is 23.1 Å². The van der Waals surface area contributed by atoms with E-state index >= 15 is 0 Å². The molecule has 3 aromatic carbocycles. The molecule has 4 fully saturated rings. The highest BCUT2D eigenvalue weighted by atomic mass is 79.9. The number of benzene rings is 3. The zero-order chi connectivity index (χ0) is 49.1. The normalized spacial score (nSPS) is 19.0.